The van der Waals surface area contributed by atoms with Gasteiger partial charge in [-0.15, -0.1) is 0 Å². The van der Waals surface area contributed by atoms with Gasteiger partial charge in [-0.2, -0.15) is 4.21 Å². The highest BCUT2D eigenvalue weighted by molar-refractivity contribution is 8.27. The zero-order valence-corrected chi connectivity index (χ0v) is 6.85. The SMILES string of the molecule is CN(C=O)COS(=O)(O)=S. The van der Waals surface area contributed by atoms with Crippen molar-refractivity contribution in [2.24, 2.45) is 0 Å². The van der Waals surface area contributed by atoms with Crippen LogP contribution in [0.1, 0.15) is 0 Å². The molecule has 0 radical (unpaired) electrons. The number of hydrogen-bond acceptors (Lipinski definition) is 4. The molecule has 60 valence electrons. The maximum Gasteiger partial charge on any atom is 0.268 e. The first-order valence-electron chi connectivity index (χ1n) is 2.23. The zero-order valence-electron chi connectivity index (χ0n) is 5.22. The van der Waals surface area contributed by atoms with Gasteiger partial charge in [0.05, 0.1) is 0 Å². The predicted molar refractivity (Wildman–Crippen MR) is 37.9 cm³/mol. The first-order chi connectivity index (χ1) is 4.45. The summed E-state index contributed by atoms with van der Waals surface area (Å²) in [5, 5.41) is 0. The van der Waals surface area contributed by atoms with Gasteiger partial charge in [0.25, 0.3) is 9.05 Å². The number of amides is 1. The van der Waals surface area contributed by atoms with E-state index in [4.69, 9.17) is 4.55 Å². The van der Waals surface area contributed by atoms with E-state index in [9.17, 15) is 9.00 Å². The Morgan fingerprint density at radius 1 is 1.90 bits per heavy atom. The fraction of sp³-hybridized carbons (Fsp3) is 0.667. The van der Waals surface area contributed by atoms with E-state index in [0.717, 1.165) is 4.90 Å². The van der Waals surface area contributed by atoms with Gasteiger partial charge in [-0.05, 0) is 0 Å². The Hall–Kier alpha value is -0.240. The number of carbonyl (C=O) groups excluding carboxylic acids is 1. The summed E-state index contributed by atoms with van der Waals surface area (Å²) in [6, 6.07) is 0. The monoisotopic (exact) mass is 185 g/mol. The predicted octanol–water partition coefficient (Wildman–Crippen LogP) is -0.817. The smallest absolute Gasteiger partial charge is 0.268 e. The second-order valence-corrected chi connectivity index (χ2v) is 3.89. The van der Waals surface area contributed by atoms with Crippen molar-refractivity contribution in [3.05, 3.63) is 0 Å². The molecule has 7 heteroatoms. The molecule has 0 spiro atoms. The van der Waals surface area contributed by atoms with Gasteiger partial charge < -0.3 is 4.90 Å². The standard InChI is InChI=1S/C3H7NO4S2/c1-4(2-5)3-8-10(6,7)9/h2H,3H2,1H3,(H,6,7,9). The molecule has 0 fully saturated rings. The lowest BCUT2D eigenvalue weighted by Crippen LogP contribution is -2.21. The summed E-state index contributed by atoms with van der Waals surface area (Å²) in [5.41, 5.74) is 0. The highest BCUT2D eigenvalue weighted by Crippen LogP contribution is 1.87. The normalized spacial score (nSPS) is 15.8. The summed E-state index contributed by atoms with van der Waals surface area (Å²) in [4.78, 5) is 10.9. The molecule has 0 saturated carbocycles. The number of carbonyl (C=O) groups is 1. The fourth-order valence-corrected chi connectivity index (χ4v) is 0.609. The second kappa shape index (κ2) is 3.81. The average molecular weight is 185 g/mol. The van der Waals surface area contributed by atoms with Gasteiger partial charge in [0.1, 0.15) is 6.73 Å². The van der Waals surface area contributed by atoms with Crippen LogP contribution in [-0.2, 0) is 29.2 Å². The molecule has 1 N–H and O–H groups in total. The Morgan fingerprint density at radius 2 is 2.40 bits per heavy atom. The molecule has 0 aromatic heterocycles. The molecule has 1 amide bonds. The summed E-state index contributed by atoms with van der Waals surface area (Å²) < 4.78 is 22.7. The van der Waals surface area contributed by atoms with E-state index in [-0.39, 0.29) is 6.73 Å². The van der Waals surface area contributed by atoms with Crippen molar-refractivity contribution in [1.82, 2.24) is 4.90 Å². The molecule has 0 heterocycles. The molecule has 0 aromatic rings. The summed E-state index contributed by atoms with van der Waals surface area (Å²) in [6.45, 7) is -0.275. The van der Waals surface area contributed by atoms with Crippen LogP contribution in [0.15, 0.2) is 0 Å². The van der Waals surface area contributed by atoms with Crippen molar-refractivity contribution in [3.63, 3.8) is 0 Å². The maximum atomic E-state index is 10.2. The summed E-state index contributed by atoms with van der Waals surface area (Å²) >= 11 is 3.97. The van der Waals surface area contributed by atoms with Gasteiger partial charge in [0.2, 0.25) is 6.41 Å². The maximum absolute atomic E-state index is 10.2. The quantitative estimate of drug-likeness (QED) is 0.458. The third-order valence-electron chi connectivity index (χ3n) is 0.585. The van der Waals surface area contributed by atoms with Crippen molar-refractivity contribution >= 4 is 26.7 Å². The molecule has 0 saturated heterocycles. The lowest BCUT2D eigenvalue weighted by Gasteiger charge is -2.08. The van der Waals surface area contributed by atoms with Crippen molar-refractivity contribution in [2.45, 2.75) is 0 Å². The first kappa shape index (κ1) is 9.76. The van der Waals surface area contributed by atoms with E-state index >= 15 is 0 Å². The Balaban J connectivity index is 3.66. The molecule has 1 atom stereocenters. The second-order valence-electron chi connectivity index (χ2n) is 1.54. The van der Waals surface area contributed by atoms with Crippen LogP contribution in [0, 0.1) is 0 Å². The molecule has 0 rings (SSSR count). The van der Waals surface area contributed by atoms with Crippen LogP contribution in [0.3, 0.4) is 0 Å². The van der Waals surface area contributed by atoms with Crippen molar-refractivity contribution in [3.8, 4) is 0 Å². The van der Waals surface area contributed by atoms with Crippen LogP contribution < -0.4 is 0 Å². The van der Waals surface area contributed by atoms with Gasteiger partial charge in [0, 0.05) is 18.2 Å². The molecule has 0 aliphatic heterocycles. The molecule has 0 bridgehead atoms. The summed E-state index contributed by atoms with van der Waals surface area (Å²) in [5.74, 6) is 0. The molecular formula is C3H7NO4S2. The van der Waals surface area contributed by atoms with Gasteiger partial charge >= 0.3 is 0 Å². The van der Waals surface area contributed by atoms with Crippen LogP contribution in [-0.4, -0.2) is 33.9 Å². The van der Waals surface area contributed by atoms with Crippen molar-refractivity contribution < 1.29 is 17.7 Å². The Morgan fingerprint density at radius 3 is 2.70 bits per heavy atom. The summed E-state index contributed by atoms with van der Waals surface area (Å²) in [6.07, 6.45) is 0.459. The van der Waals surface area contributed by atoms with E-state index in [1.807, 2.05) is 0 Å². The lowest BCUT2D eigenvalue weighted by atomic mass is 10.9. The molecule has 10 heavy (non-hydrogen) atoms. The zero-order chi connectivity index (χ0) is 8.20. The molecule has 5 nitrogen and oxygen atoms in total. The average Bonchev–Trinajstić information content (AvgIpc) is 1.81. The van der Waals surface area contributed by atoms with Crippen LogP contribution in [0.4, 0.5) is 0 Å². The van der Waals surface area contributed by atoms with E-state index < -0.39 is 9.05 Å². The minimum atomic E-state index is -3.60. The Kier molecular flexibility index (Phi) is 3.72. The lowest BCUT2D eigenvalue weighted by molar-refractivity contribution is -0.119. The first-order valence-corrected chi connectivity index (χ1v) is 4.59. The Bertz CT molecular complexity index is 199. The largest absolute Gasteiger partial charge is 0.324 e. The summed E-state index contributed by atoms with van der Waals surface area (Å²) in [7, 11) is -2.20. The topological polar surface area (TPSA) is 66.8 Å². The van der Waals surface area contributed by atoms with E-state index in [2.05, 4.69) is 15.4 Å². The Labute approximate surface area is 63.7 Å². The highest BCUT2D eigenvalue weighted by atomic mass is 32.9. The van der Waals surface area contributed by atoms with E-state index in [0.29, 0.717) is 6.41 Å². The van der Waals surface area contributed by atoms with E-state index in [1.54, 1.807) is 0 Å². The van der Waals surface area contributed by atoms with Crippen LogP contribution in [0.25, 0.3) is 0 Å². The number of rotatable bonds is 4. The van der Waals surface area contributed by atoms with E-state index in [1.165, 1.54) is 7.05 Å². The van der Waals surface area contributed by atoms with Gasteiger partial charge in [-0.25, -0.2) is 4.18 Å². The molecule has 1 unspecified atom stereocenters. The third kappa shape index (κ3) is 5.89. The minimum Gasteiger partial charge on any atom is -0.324 e. The molecule has 0 aliphatic carbocycles. The number of nitrogens with zero attached hydrogens (tertiary/aromatic N) is 1. The molecular weight excluding hydrogens is 178 g/mol. The van der Waals surface area contributed by atoms with Gasteiger partial charge in [0.15, 0.2) is 0 Å². The van der Waals surface area contributed by atoms with Crippen LogP contribution in [0.2, 0.25) is 0 Å². The molecule has 0 aliphatic rings. The van der Waals surface area contributed by atoms with Crippen LogP contribution in [0.5, 0.6) is 0 Å². The van der Waals surface area contributed by atoms with Crippen molar-refractivity contribution in [2.75, 3.05) is 13.8 Å². The minimum absolute atomic E-state index is 0.275. The van der Waals surface area contributed by atoms with Crippen LogP contribution >= 0.6 is 0 Å². The number of hydrogen-bond donors (Lipinski definition) is 1. The fourth-order valence-electron chi connectivity index (χ4n) is 0.180. The highest BCUT2D eigenvalue weighted by Gasteiger charge is 2.00. The van der Waals surface area contributed by atoms with Crippen molar-refractivity contribution in [1.29, 1.82) is 0 Å². The van der Waals surface area contributed by atoms with Gasteiger partial charge in [-0.1, -0.05) is 0 Å². The third-order valence-corrected chi connectivity index (χ3v) is 1.28. The molecule has 0 aromatic carbocycles. The van der Waals surface area contributed by atoms with Gasteiger partial charge in [-0.3, -0.25) is 9.35 Å².